The van der Waals surface area contributed by atoms with Gasteiger partial charge in [-0.3, -0.25) is 0 Å². The number of methoxy groups -OCH3 is 2. The zero-order valence-corrected chi connectivity index (χ0v) is 13.3. The van der Waals surface area contributed by atoms with E-state index < -0.39 is 0 Å². The van der Waals surface area contributed by atoms with Crippen LogP contribution in [-0.4, -0.2) is 25.2 Å². The summed E-state index contributed by atoms with van der Waals surface area (Å²) < 4.78 is 10.4. The Labute approximate surface area is 135 Å². The zero-order valence-electron chi connectivity index (χ0n) is 13.3. The largest absolute Gasteiger partial charge is 0.481 e. The highest BCUT2D eigenvalue weighted by Gasteiger charge is 2.35. The third kappa shape index (κ3) is 2.54. The number of carbonyl (C=O) groups is 1. The van der Waals surface area contributed by atoms with Crippen LogP contribution in [0.4, 0.5) is 5.69 Å². The van der Waals surface area contributed by atoms with Gasteiger partial charge in [-0.15, -0.1) is 0 Å². The van der Waals surface area contributed by atoms with Gasteiger partial charge < -0.3 is 14.8 Å². The number of fused-ring (bicyclic) bond motifs is 1. The molecule has 23 heavy (non-hydrogen) atoms. The Hall–Kier alpha value is -2.82. The maximum atomic E-state index is 12.4. The molecule has 5 nitrogen and oxygen atoms in total. The highest BCUT2D eigenvalue weighted by Crippen LogP contribution is 2.45. The van der Waals surface area contributed by atoms with Gasteiger partial charge >= 0.3 is 5.97 Å². The lowest BCUT2D eigenvalue weighted by atomic mass is 9.81. The molecule has 0 bridgehead atoms. The molecule has 118 valence electrons. The van der Waals surface area contributed by atoms with E-state index in [9.17, 15) is 4.79 Å². The second-order valence-electron chi connectivity index (χ2n) is 5.28. The molecule has 1 aromatic heterocycles. The van der Waals surface area contributed by atoms with Gasteiger partial charge in [0.05, 0.1) is 25.7 Å². The van der Waals surface area contributed by atoms with Crippen molar-refractivity contribution in [3.05, 3.63) is 65.0 Å². The molecule has 3 rings (SSSR count). The summed E-state index contributed by atoms with van der Waals surface area (Å²) in [6.45, 7) is 1.87. The molecule has 0 amide bonds. The van der Waals surface area contributed by atoms with Crippen LogP contribution in [0.1, 0.15) is 24.0 Å². The number of anilines is 1. The lowest BCUT2D eigenvalue weighted by Crippen LogP contribution is -2.24. The van der Waals surface area contributed by atoms with E-state index in [1.54, 1.807) is 13.3 Å². The molecule has 0 fully saturated rings. The third-order valence-electron chi connectivity index (χ3n) is 3.99. The van der Waals surface area contributed by atoms with Gasteiger partial charge in [-0.2, -0.15) is 0 Å². The fourth-order valence-corrected chi connectivity index (χ4v) is 2.99. The van der Waals surface area contributed by atoms with Crippen molar-refractivity contribution in [2.24, 2.45) is 0 Å². The molecule has 1 aliphatic heterocycles. The summed E-state index contributed by atoms with van der Waals surface area (Å²) in [4.78, 5) is 16.7. The number of rotatable bonds is 3. The molecule has 1 atom stereocenters. The number of nitrogens with zero attached hydrogens (tertiary/aromatic N) is 1. The van der Waals surface area contributed by atoms with Crippen LogP contribution < -0.4 is 10.1 Å². The van der Waals surface area contributed by atoms with Crippen LogP contribution in [0, 0.1) is 0 Å². The number of allylic oxidation sites excluding steroid dienone is 1. The van der Waals surface area contributed by atoms with Crippen LogP contribution in [0.25, 0.3) is 0 Å². The molecule has 2 heterocycles. The van der Waals surface area contributed by atoms with E-state index in [0.717, 1.165) is 22.5 Å². The van der Waals surface area contributed by atoms with Crippen molar-refractivity contribution < 1.29 is 14.3 Å². The van der Waals surface area contributed by atoms with Gasteiger partial charge in [-0.05, 0) is 18.6 Å². The van der Waals surface area contributed by atoms with Crippen molar-refractivity contribution in [3.63, 3.8) is 0 Å². The fraction of sp³-hybridized carbons (Fsp3) is 0.222. The molecule has 5 heteroatoms. The predicted molar refractivity (Wildman–Crippen MR) is 87.4 cm³/mol. The monoisotopic (exact) mass is 310 g/mol. The number of esters is 1. The van der Waals surface area contributed by atoms with Crippen molar-refractivity contribution in [2.75, 3.05) is 19.5 Å². The van der Waals surface area contributed by atoms with Crippen molar-refractivity contribution in [3.8, 4) is 5.88 Å². The number of nitrogens with one attached hydrogen (secondary N) is 1. The lowest BCUT2D eigenvalue weighted by Gasteiger charge is -2.30. The highest BCUT2D eigenvalue weighted by molar-refractivity contribution is 5.95. The van der Waals surface area contributed by atoms with Gasteiger partial charge in [0.25, 0.3) is 0 Å². The van der Waals surface area contributed by atoms with Gasteiger partial charge in [0.2, 0.25) is 5.88 Å². The van der Waals surface area contributed by atoms with Crippen molar-refractivity contribution in [1.82, 2.24) is 4.98 Å². The smallest absolute Gasteiger partial charge is 0.336 e. The molecule has 2 aromatic rings. The van der Waals surface area contributed by atoms with E-state index in [-0.39, 0.29) is 11.9 Å². The topological polar surface area (TPSA) is 60.5 Å². The number of aromatic nitrogens is 1. The second kappa shape index (κ2) is 6.12. The molecule has 1 N–H and O–H groups in total. The number of pyridine rings is 1. The van der Waals surface area contributed by atoms with E-state index in [2.05, 4.69) is 10.3 Å². The van der Waals surface area contributed by atoms with Gasteiger partial charge in [-0.1, -0.05) is 30.3 Å². The van der Waals surface area contributed by atoms with E-state index in [1.165, 1.54) is 7.11 Å². The third-order valence-corrected chi connectivity index (χ3v) is 3.99. The van der Waals surface area contributed by atoms with Crippen molar-refractivity contribution >= 4 is 11.7 Å². The Morgan fingerprint density at radius 3 is 2.57 bits per heavy atom. The van der Waals surface area contributed by atoms with E-state index in [1.807, 2.05) is 43.3 Å². The van der Waals surface area contributed by atoms with Crippen LogP contribution in [0.2, 0.25) is 0 Å². The summed E-state index contributed by atoms with van der Waals surface area (Å²) in [6, 6.07) is 11.7. The molecule has 1 aliphatic rings. The van der Waals surface area contributed by atoms with E-state index >= 15 is 0 Å². The van der Waals surface area contributed by atoms with Crippen LogP contribution in [0.15, 0.2) is 53.9 Å². The minimum Gasteiger partial charge on any atom is -0.481 e. The van der Waals surface area contributed by atoms with Gasteiger partial charge in [0.1, 0.15) is 0 Å². The quantitative estimate of drug-likeness (QED) is 0.883. The van der Waals surface area contributed by atoms with Crippen molar-refractivity contribution in [2.45, 2.75) is 12.8 Å². The first kappa shape index (κ1) is 15.1. The van der Waals surface area contributed by atoms with Crippen LogP contribution in [-0.2, 0) is 9.53 Å². The summed E-state index contributed by atoms with van der Waals surface area (Å²) in [5.74, 6) is -0.151. The molecule has 1 unspecified atom stereocenters. The second-order valence-corrected chi connectivity index (χ2v) is 5.28. The lowest BCUT2D eigenvalue weighted by molar-refractivity contribution is -0.136. The predicted octanol–water partition coefficient (Wildman–Crippen LogP) is 3.09. The first-order valence-electron chi connectivity index (χ1n) is 7.31. The Balaban J connectivity index is 2.28. The number of ether oxygens (including phenoxy) is 2. The molecule has 0 saturated carbocycles. The molecular formula is C18H18N2O3. The number of carbonyl (C=O) groups excluding carboxylic acids is 1. The summed E-state index contributed by atoms with van der Waals surface area (Å²) in [6.07, 6.45) is 1.68. The highest BCUT2D eigenvalue weighted by atomic mass is 16.5. The summed E-state index contributed by atoms with van der Waals surface area (Å²) in [5.41, 5.74) is 4.05. The molecule has 1 aromatic carbocycles. The van der Waals surface area contributed by atoms with Gasteiger partial charge in [0, 0.05) is 23.1 Å². The molecule has 0 aliphatic carbocycles. The Morgan fingerprint density at radius 2 is 1.91 bits per heavy atom. The number of hydrogen-bond donors (Lipinski definition) is 1. The standard InChI is InChI=1S/C18H18N2O3/c1-11-14(18(21)23-3)15(12-7-5-4-6-8-12)16-13(20-11)9-10-19-17(16)22-2/h4-10,15,20H,1-3H3. The van der Waals surface area contributed by atoms with Crippen LogP contribution >= 0.6 is 0 Å². The molecular weight excluding hydrogens is 292 g/mol. The summed E-state index contributed by atoms with van der Waals surface area (Å²) >= 11 is 0. The average molecular weight is 310 g/mol. The van der Waals surface area contributed by atoms with Crippen LogP contribution in [0.5, 0.6) is 5.88 Å². The Morgan fingerprint density at radius 1 is 1.17 bits per heavy atom. The Kier molecular flexibility index (Phi) is 4.02. The maximum Gasteiger partial charge on any atom is 0.336 e. The van der Waals surface area contributed by atoms with Gasteiger partial charge in [0.15, 0.2) is 0 Å². The first-order chi connectivity index (χ1) is 11.2. The SMILES string of the molecule is COC(=O)C1=C(C)Nc2ccnc(OC)c2C1c1ccccc1. The molecule has 0 radical (unpaired) electrons. The minimum absolute atomic E-state index is 0.288. The summed E-state index contributed by atoms with van der Waals surface area (Å²) in [7, 11) is 2.97. The van der Waals surface area contributed by atoms with Crippen LogP contribution in [0.3, 0.4) is 0 Å². The van der Waals surface area contributed by atoms with E-state index in [0.29, 0.717) is 11.5 Å². The number of hydrogen-bond acceptors (Lipinski definition) is 5. The Bertz CT molecular complexity index is 769. The molecule has 0 saturated heterocycles. The summed E-state index contributed by atoms with van der Waals surface area (Å²) in [5, 5.41) is 3.26. The average Bonchev–Trinajstić information content (AvgIpc) is 2.60. The number of benzene rings is 1. The van der Waals surface area contributed by atoms with Gasteiger partial charge in [-0.25, -0.2) is 9.78 Å². The first-order valence-corrected chi connectivity index (χ1v) is 7.31. The fourth-order valence-electron chi connectivity index (χ4n) is 2.99. The van der Waals surface area contributed by atoms with E-state index in [4.69, 9.17) is 9.47 Å². The normalized spacial score (nSPS) is 16.4. The minimum atomic E-state index is -0.361. The zero-order chi connectivity index (χ0) is 16.4. The maximum absolute atomic E-state index is 12.4. The van der Waals surface area contributed by atoms with Crippen molar-refractivity contribution in [1.29, 1.82) is 0 Å². The molecule has 0 spiro atoms.